The van der Waals surface area contributed by atoms with Crippen LogP contribution in [0.25, 0.3) is 0 Å². The third kappa shape index (κ3) is 5.52. The van der Waals surface area contributed by atoms with Crippen molar-refractivity contribution in [1.82, 2.24) is 0 Å². The van der Waals surface area contributed by atoms with E-state index in [0.29, 0.717) is 29.7 Å². The van der Waals surface area contributed by atoms with Crippen molar-refractivity contribution >= 4 is 11.6 Å². The molecule has 2 rings (SSSR count). The van der Waals surface area contributed by atoms with Gasteiger partial charge in [0.1, 0.15) is 11.9 Å². The minimum absolute atomic E-state index is 0.0622. The Morgan fingerprint density at radius 3 is 2.52 bits per heavy atom. The van der Waals surface area contributed by atoms with Gasteiger partial charge in [0.15, 0.2) is 5.78 Å². The molecule has 0 saturated carbocycles. The largest absolute Gasteiger partial charge is 0.453 e. The Balaban J connectivity index is 1.94. The molecule has 0 fully saturated rings. The van der Waals surface area contributed by atoms with Crippen LogP contribution in [0.4, 0.5) is 0 Å². The van der Waals surface area contributed by atoms with E-state index in [-0.39, 0.29) is 12.2 Å². The number of rotatable bonds is 8. The summed E-state index contributed by atoms with van der Waals surface area (Å²) in [6.07, 6.45) is 5.36. The lowest BCUT2D eigenvalue weighted by molar-refractivity contribution is -0.121. The summed E-state index contributed by atoms with van der Waals surface area (Å²) in [6.45, 7) is 9.07. The number of aliphatic hydroxyl groups is 2. The Kier molecular flexibility index (Phi) is 7.33. The standard InChI is InChI=1S/C24H30O5/c1-15(2)14-19(25)22(26)18(5)10-6-8-16(3)12-13-24(28)23(27)21-17(4)9-7-11-20(21)29-24/h7,9-12,14,19,25,28H,6,8,13H2,1-5H3/b16-12+,18-10+/t19-,24+/m1/s1. The van der Waals surface area contributed by atoms with E-state index in [4.69, 9.17) is 4.74 Å². The van der Waals surface area contributed by atoms with Gasteiger partial charge in [-0.2, -0.15) is 0 Å². The number of allylic oxidation sites excluding steroid dienone is 3. The third-order valence-electron chi connectivity index (χ3n) is 4.96. The highest BCUT2D eigenvalue weighted by molar-refractivity contribution is 6.07. The smallest absolute Gasteiger partial charge is 0.276 e. The summed E-state index contributed by atoms with van der Waals surface area (Å²) >= 11 is 0. The van der Waals surface area contributed by atoms with Crippen molar-refractivity contribution in [1.29, 1.82) is 0 Å². The quantitative estimate of drug-likeness (QED) is 0.506. The Labute approximate surface area is 172 Å². The van der Waals surface area contributed by atoms with E-state index >= 15 is 0 Å². The van der Waals surface area contributed by atoms with Gasteiger partial charge >= 0.3 is 0 Å². The number of benzene rings is 1. The van der Waals surface area contributed by atoms with Gasteiger partial charge in [0, 0.05) is 6.42 Å². The van der Waals surface area contributed by atoms with Gasteiger partial charge in [-0.3, -0.25) is 9.59 Å². The maximum atomic E-state index is 12.6. The number of Topliss-reactive ketones (excluding diaryl/α,β-unsaturated/α-hetero) is 2. The van der Waals surface area contributed by atoms with Gasteiger partial charge in [0.2, 0.25) is 5.78 Å². The zero-order valence-corrected chi connectivity index (χ0v) is 17.8. The van der Waals surface area contributed by atoms with Gasteiger partial charge in [0.05, 0.1) is 5.56 Å². The maximum absolute atomic E-state index is 12.6. The molecule has 0 spiro atoms. The first-order valence-electron chi connectivity index (χ1n) is 9.80. The Morgan fingerprint density at radius 1 is 1.21 bits per heavy atom. The van der Waals surface area contributed by atoms with E-state index in [1.807, 2.05) is 33.8 Å². The summed E-state index contributed by atoms with van der Waals surface area (Å²) in [5.74, 6) is -2.17. The maximum Gasteiger partial charge on any atom is 0.276 e. The minimum atomic E-state index is -1.87. The SMILES string of the molecule is CC(C)=C[C@@H](O)C(=O)/C(C)=C/CC/C(C)=C/C[C@]1(O)Oc2cccc(C)c2C1=O. The second-order valence-electron chi connectivity index (χ2n) is 7.90. The van der Waals surface area contributed by atoms with Crippen LogP contribution in [0.3, 0.4) is 0 Å². The number of aryl methyl sites for hydroxylation is 1. The first-order valence-corrected chi connectivity index (χ1v) is 9.80. The van der Waals surface area contributed by atoms with Crippen molar-refractivity contribution in [2.45, 2.75) is 65.8 Å². The first-order chi connectivity index (χ1) is 13.5. The molecule has 0 saturated heterocycles. The van der Waals surface area contributed by atoms with E-state index in [9.17, 15) is 19.8 Å². The summed E-state index contributed by atoms with van der Waals surface area (Å²) in [5, 5.41) is 20.5. The van der Waals surface area contributed by atoms with Crippen LogP contribution in [0.2, 0.25) is 0 Å². The summed E-state index contributed by atoms with van der Waals surface area (Å²) in [7, 11) is 0. The highest BCUT2D eigenvalue weighted by Crippen LogP contribution is 2.37. The van der Waals surface area contributed by atoms with Crippen molar-refractivity contribution < 1.29 is 24.5 Å². The van der Waals surface area contributed by atoms with Crippen molar-refractivity contribution in [2.24, 2.45) is 0 Å². The average molecular weight is 398 g/mol. The molecule has 0 radical (unpaired) electrons. The molecule has 1 aliphatic rings. The second-order valence-corrected chi connectivity index (χ2v) is 7.90. The summed E-state index contributed by atoms with van der Waals surface area (Å²) in [5.41, 5.74) is 3.60. The van der Waals surface area contributed by atoms with Crippen LogP contribution in [0.1, 0.15) is 62.9 Å². The third-order valence-corrected chi connectivity index (χ3v) is 4.96. The first kappa shape index (κ1) is 22.8. The number of ketones is 2. The molecule has 0 aliphatic carbocycles. The molecule has 1 heterocycles. The van der Waals surface area contributed by atoms with Crippen LogP contribution in [0, 0.1) is 6.92 Å². The number of aliphatic hydroxyl groups excluding tert-OH is 1. The highest BCUT2D eigenvalue weighted by Gasteiger charge is 2.46. The molecule has 29 heavy (non-hydrogen) atoms. The fourth-order valence-corrected chi connectivity index (χ4v) is 3.23. The molecule has 5 heteroatoms. The van der Waals surface area contributed by atoms with E-state index < -0.39 is 17.7 Å². The normalized spacial score (nSPS) is 20.2. The summed E-state index contributed by atoms with van der Waals surface area (Å²) < 4.78 is 5.54. The molecule has 0 amide bonds. The van der Waals surface area contributed by atoms with Gasteiger partial charge in [-0.05, 0) is 70.7 Å². The average Bonchev–Trinajstić information content (AvgIpc) is 2.90. The zero-order valence-electron chi connectivity index (χ0n) is 17.8. The predicted molar refractivity (Wildman–Crippen MR) is 113 cm³/mol. The molecule has 0 bridgehead atoms. The number of ether oxygens (including phenoxy) is 1. The van der Waals surface area contributed by atoms with Gasteiger partial charge in [-0.25, -0.2) is 0 Å². The second kappa shape index (κ2) is 9.33. The Bertz CT molecular complexity index is 887. The van der Waals surface area contributed by atoms with Gasteiger partial charge in [-0.15, -0.1) is 0 Å². The zero-order chi connectivity index (χ0) is 21.8. The number of fused-ring (bicyclic) bond motifs is 1. The topological polar surface area (TPSA) is 83.8 Å². The van der Waals surface area contributed by atoms with Crippen LogP contribution >= 0.6 is 0 Å². The molecule has 1 aromatic rings. The van der Waals surface area contributed by atoms with Crippen molar-refractivity contribution in [3.8, 4) is 5.75 Å². The van der Waals surface area contributed by atoms with Crippen LogP contribution in [-0.2, 0) is 4.79 Å². The van der Waals surface area contributed by atoms with E-state index in [1.165, 1.54) is 6.08 Å². The van der Waals surface area contributed by atoms with E-state index in [0.717, 1.165) is 16.7 Å². The van der Waals surface area contributed by atoms with Crippen molar-refractivity contribution in [3.05, 3.63) is 64.3 Å². The summed E-state index contributed by atoms with van der Waals surface area (Å²) in [4.78, 5) is 24.7. The fourth-order valence-electron chi connectivity index (χ4n) is 3.23. The number of hydrogen-bond donors (Lipinski definition) is 2. The van der Waals surface area contributed by atoms with Crippen molar-refractivity contribution in [2.75, 3.05) is 0 Å². The molecule has 156 valence electrons. The van der Waals surface area contributed by atoms with E-state index in [2.05, 4.69) is 0 Å². The van der Waals surface area contributed by atoms with Crippen LogP contribution < -0.4 is 4.74 Å². The molecular weight excluding hydrogens is 368 g/mol. The molecule has 1 aromatic carbocycles. The van der Waals surface area contributed by atoms with Gasteiger partial charge < -0.3 is 14.9 Å². The van der Waals surface area contributed by atoms with Crippen LogP contribution in [-0.4, -0.2) is 33.7 Å². The number of hydrogen-bond acceptors (Lipinski definition) is 5. The molecule has 0 unspecified atom stereocenters. The molecule has 2 N–H and O–H groups in total. The Hall–Kier alpha value is -2.50. The summed E-state index contributed by atoms with van der Waals surface area (Å²) in [6, 6.07) is 5.29. The van der Waals surface area contributed by atoms with Crippen LogP contribution in [0.15, 0.2) is 53.1 Å². The number of carbonyl (C=O) groups excluding carboxylic acids is 2. The van der Waals surface area contributed by atoms with Crippen molar-refractivity contribution in [3.63, 3.8) is 0 Å². The lowest BCUT2D eigenvalue weighted by Crippen LogP contribution is -2.39. The fraction of sp³-hybridized carbons (Fsp3) is 0.417. The molecule has 0 aromatic heterocycles. The minimum Gasteiger partial charge on any atom is -0.453 e. The predicted octanol–water partition coefficient (Wildman–Crippen LogP) is 4.22. The van der Waals surface area contributed by atoms with Gasteiger partial charge in [0.25, 0.3) is 5.79 Å². The van der Waals surface area contributed by atoms with Gasteiger partial charge in [-0.1, -0.05) is 35.4 Å². The highest BCUT2D eigenvalue weighted by atomic mass is 16.6. The van der Waals surface area contributed by atoms with E-state index in [1.54, 1.807) is 31.2 Å². The molecule has 1 aliphatic heterocycles. The van der Waals surface area contributed by atoms with Crippen LogP contribution in [0.5, 0.6) is 5.75 Å². The Morgan fingerprint density at radius 2 is 1.90 bits per heavy atom. The monoisotopic (exact) mass is 398 g/mol. The lowest BCUT2D eigenvalue weighted by Gasteiger charge is -2.19. The molecule has 2 atom stereocenters. The molecular formula is C24H30O5. The number of carbonyl (C=O) groups is 2. The molecule has 5 nitrogen and oxygen atoms in total. The lowest BCUT2D eigenvalue weighted by atomic mass is 9.98.